The predicted octanol–water partition coefficient (Wildman–Crippen LogP) is 1.40. The number of methoxy groups -OCH3 is 1. The van der Waals surface area contributed by atoms with Crippen LogP contribution in [0.1, 0.15) is 12.5 Å². The van der Waals surface area contributed by atoms with E-state index in [0.717, 1.165) is 25.2 Å². The molecule has 0 aromatic heterocycles. The highest BCUT2D eigenvalue weighted by atomic mass is 16.6. The van der Waals surface area contributed by atoms with E-state index in [4.69, 9.17) is 4.74 Å². The van der Waals surface area contributed by atoms with Gasteiger partial charge in [-0.25, -0.2) is 0 Å². The Morgan fingerprint density at radius 1 is 1.53 bits per heavy atom. The van der Waals surface area contributed by atoms with Crippen LogP contribution >= 0.6 is 0 Å². The number of ether oxygens (including phenoxy) is 1. The molecule has 19 heavy (non-hydrogen) atoms. The van der Waals surface area contributed by atoms with Gasteiger partial charge in [-0.1, -0.05) is 0 Å². The Morgan fingerprint density at radius 2 is 2.32 bits per heavy atom. The summed E-state index contributed by atoms with van der Waals surface area (Å²) in [5, 5.41) is 14.2. The van der Waals surface area contributed by atoms with Gasteiger partial charge in [0, 0.05) is 38.3 Å². The molecule has 2 rings (SSSR count). The summed E-state index contributed by atoms with van der Waals surface area (Å²) in [5.41, 5.74) is 0.997. The summed E-state index contributed by atoms with van der Waals surface area (Å²) >= 11 is 0. The molecular weight excluding hydrogens is 246 g/mol. The Balaban J connectivity index is 2.18. The average molecular weight is 265 g/mol. The van der Waals surface area contributed by atoms with Crippen LogP contribution in [0.15, 0.2) is 18.2 Å². The Morgan fingerprint density at radius 3 is 2.95 bits per heavy atom. The lowest BCUT2D eigenvalue weighted by Gasteiger charge is -2.33. The van der Waals surface area contributed by atoms with E-state index in [2.05, 4.69) is 17.1 Å². The van der Waals surface area contributed by atoms with Gasteiger partial charge in [0.25, 0.3) is 5.69 Å². The molecule has 1 aliphatic rings. The number of piperazine rings is 1. The molecule has 6 nitrogen and oxygen atoms in total. The second-order valence-corrected chi connectivity index (χ2v) is 4.82. The lowest BCUT2D eigenvalue weighted by Crippen LogP contribution is -2.49. The van der Waals surface area contributed by atoms with Crippen molar-refractivity contribution in [3.63, 3.8) is 0 Å². The molecule has 1 aromatic rings. The van der Waals surface area contributed by atoms with Gasteiger partial charge in [0.05, 0.1) is 18.1 Å². The van der Waals surface area contributed by atoms with E-state index in [0.29, 0.717) is 18.3 Å². The van der Waals surface area contributed by atoms with E-state index in [1.165, 1.54) is 13.2 Å². The van der Waals surface area contributed by atoms with Crippen molar-refractivity contribution in [3.05, 3.63) is 33.9 Å². The third kappa shape index (κ3) is 3.42. The van der Waals surface area contributed by atoms with E-state index in [1.807, 2.05) is 6.07 Å². The van der Waals surface area contributed by atoms with Gasteiger partial charge in [-0.05, 0) is 18.6 Å². The van der Waals surface area contributed by atoms with Gasteiger partial charge in [-0.15, -0.1) is 0 Å². The summed E-state index contributed by atoms with van der Waals surface area (Å²) < 4.78 is 5.13. The van der Waals surface area contributed by atoms with Crippen LogP contribution in [0.3, 0.4) is 0 Å². The highest BCUT2D eigenvalue weighted by Gasteiger charge is 2.19. The number of nitrogens with zero attached hydrogens (tertiary/aromatic N) is 2. The number of hydrogen-bond donors (Lipinski definition) is 1. The first-order valence-electron chi connectivity index (χ1n) is 6.37. The molecule has 6 heteroatoms. The van der Waals surface area contributed by atoms with Crippen molar-refractivity contribution >= 4 is 5.69 Å². The minimum Gasteiger partial charge on any atom is -0.496 e. The summed E-state index contributed by atoms with van der Waals surface area (Å²) in [6.07, 6.45) is 0. The first-order valence-corrected chi connectivity index (χ1v) is 6.37. The standard InChI is InChI=1S/C13H19N3O3/c1-10-8-14-3-4-15(10)9-11-5-12(16(17)18)7-13(6-11)19-2/h5-7,10,14H,3-4,8-9H2,1-2H3/t10-/m1/s1. The van der Waals surface area contributed by atoms with Gasteiger partial charge in [-0.3, -0.25) is 15.0 Å². The molecule has 104 valence electrons. The number of hydrogen-bond acceptors (Lipinski definition) is 5. The first kappa shape index (κ1) is 13.8. The molecule has 1 saturated heterocycles. The lowest BCUT2D eigenvalue weighted by molar-refractivity contribution is -0.385. The lowest BCUT2D eigenvalue weighted by atomic mass is 10.1. The topological polar surface area (TPSA) is 67.6 Å². The molecule has 0 spiro atoms. The Hall–Kier alpha value is -1.66. The molecular formula is C13H19N3O3. The van der Waals surface area contributed by atoms with E-state index in [1.54, 1.807) is 6.07 Å². The molecule has 1 N–H and O–H groups in total. The zero-order chi connectivity index (χ0) is 13.8. The smallest absolute Gasteiger partial charge is 0.273 e. The molecule has 0 saturated carbocycles. The van der Waals surface area contributed by atoms with Gasteiger partial charge in [0.2, 0.25) is 0 Å². The van der Waals surface area contributed by atoms with E-state index >= 15 is 0 Å². The maximum Gasteiger partial charge on any atom is 0.273 e. The van der Waals surface area contributed by atoms with Crippen LogP contribution in [0.2, 0.25) is 0 Å². The zero-order valence-electron chi connectivity index (χ0n) is 11.3. The summed E-state index contributed by atoms with van der Waals surface area (Å²) in [6, 6.07) is 5.36. The van der Waals surface area contributed by atoms with Crippen molar-refractivity contribution < 1.29 is 9.66 Å². The van der Waals surface area contributed by atoms with Gasteiger partial charge >= 0.3 is 0 Å². The predicted molar refractivity (Wildman–Crippen MR) is 72.4 cm³/mol. The summed E-state index contributed by atoms with van der Waals surface area (Å²) in [6.45, 7) is 5.72. The van der Waals surface area contributed by atoms with E-state index in [-0.39, 0.29) is 10.6 Å². The van der Waals surface area contributed by atoms with E-state index < -0.39 is 0 Å². The minimum atomic E-state index is -0.382. The monoisotopic (exact) mass is 265 g/mol. The summed E-state index contributed by atoms with van der Waals surface area (Å²) in [7, 11) is 1.52. The second-order valence-electron chi connectivity index (χ2n) is 4.82. The van der Waals surface area contributed by atoms with Crippen LogP contribution in [-0.4, -0.2) is 42.6 Å². The van der Waals surface area contributed by atoms with Crippen LogP contribution < -0.4 is 10.1 Å². The highest BCUT2D eigenvalue weighted by Crippen LogP contribution is 2.24. The number of nitrogens with one attached hydrogen (secondary N) is 1. The van der Waals surface area contributed by atoms with Crippen molar-refractivity contribution in [2.75, 3.05) is 26.7 Å². The fourth-order valence-corrected chi connectivity index (χ4v) is 2.31. The molecule has 1 heterocycles. The number of rotatable bonds is 4. The minimum absolute atomic E-state index is 0.0807. The van der Waals surface area contributed by atoms with Crippen LogP contribution in [-0.2, 0) is 6.54 Å². The van der Waals surface area contributed by atoms with Gasteiger partial charge in [-0.2, -0.15) is 0 Å². The second kappa shape index (κ2) is 5.99. The molecule has 1 fully saturated rings. The van der Waals surface area contributed by atoms with Gasteiger partial charge in [0.1, 0.15) is 5.75 Å². The summed E-state index contributed by atoms with van der Waals surface area (Å²) in [5.74, 6) is 0.534. The van der Waals surface area contributed by atoms with Crippen molar-refractivity contribution in [2.24, 2.45) is 0 Å². The normalized spacial score (nSPS) is 20.2. The Bertz CT molecular complexity index is 464. The Labute approximate surface area is 112 Å². The Kier molecular flexibility index (Phi) is 4.34. The largest absolute Gasteiger partial charge is 0.496 e. The third-order valence-corrected chi connectivity index (χ3v) is 3.42. The van der Waals surface area contributed by atoms with Crippen molar-refractivity contribution in [1.29, 1.82) is 0 Å². The van der Waals surface area contributed by atoms with Crippen molar-refractivity contribution in [1.82, 2.24) is 10.2 Å². The molecule has 0 aliphatic carbocycles. The fraction of sp³-hybridized carbons (Fsp3) is 0.538. The maximum atomic E-state index is 10.9. The molecule has 0 amide bonds. The third-order valence-electron chi connectivity index (χ3n) is 3.42. The quantitative estimate of drug-likeness (QED) is 0.658. The van der Waals surface area contributed by atoms with Gasteiger partial charge in [0.15, 0.2) is 0 Å². The van der Waals surface area contributed by atoms with Crippen LogP contribution in [0, 0.1) is 10.1 Å². The molecule has 0 radical (unpaired) electrons. The van der Waals surface area contributed by atoms with Gasteiger partial charge < -0.3 is 10.1 Å². The molecule has 1 atom stereocenters. The van der Waals surface area contributed by atoms with Crippen LogP contribution in [0.4, 0.5) is 5.69 Å². The number of non-ortho nitro benzene ring substituents is 1. The first-order chi connectivity index (χ1) is 9.10. The molecule has 1 aliphatic heterocycles. The SMILES string of the molecule is COc1cc(CN2CCNC[C@H]2C)cc([N+](=O)[O-])c1. The zero-order valence-corrected chi connectivity index (χ0v) is 11.3. The van der Waals surface area contributed by atoms with Crippen LogP contribution in [0.5, 0.6) is 5.75 Å². The fourth-order valence-electron chi connectivity index (χ4n) is 2.31. The van der Waals surface area contributed by atoms with Crippen LogP contribution in [0.25, 0.3) is 0 Å². The number of nitro benzene ring substituents is 1. The van der Waals surface area contributed by atoms with Crippen molar-refractivity contribution in [3.8, 4) is 5.75 Å². The number of benzene rings is 1. The maximum absolute atomic E-state index is 10.9. The summed E-state index contributed by atoms with van der Waals surface area (Å²) in [4.78, 5) is 12.8. The number of nitro groups is 1. The van der Waals surface area contributed by atoms with Crippen molar-refractivity contribution in [2.45, 2.75) is 19.5 Å². The molecule has 1 aromatic carbocycles. The average Bonchev–Trinajstić information content (AvgIpc) is 2.41. The molecule has 0 bridgehead atoms. The molecule has 0 unspecified atom stereocenters. The van der Waals surface area contributed by atoms with E-state index in [9.17, 15) is 10.1 Å². The highest BCUT2D eigenvalue weighted by molar-refractivity contribution is 5.42.